The molecule has 0 aliphatic heterocycles. The predicted molar refractivity (Wildman–Crippen MR) is 136 cm³/mol. The maximum Gasteiger partial charge on any atom is 0.304 e. The fourth-order valence-electron chi connectivity index (χ4n) is 3.76. The summed E-state index contributed by atoms with van der Waals surface area (Å²) in [6, 6.07) is 26.5. The lowest BCUT2D eigenvalue weighted by Gasteiger charge is -2.25. The molecule has 1 atom stereocenters. The van der Waals surface area contributed by atoms with Crippen molar-refractivity contribution in [1.29, 1.82) is 0 Å². The molecule has 3 aromatic carbocycles. The highest BCUT2D eigenvalue weighted by atomic mass is 35.5. The molecule has 0 aliphatic rings. The fourth-order valence-corrected chi connectivity index (χ4v) is 4.83. The molecule has 34 heavy (non-hydrogen) atoms. The van der Waals surface area contributed by atoms with Crippen LogP contribution in [0.15, 0.2) is 90.3 Å². The Kier molecular flexibility index (Phi) is 7.72. The summed E-state index contributed by atoms with van der Waals surface area (Å²) in [4.78, 5) is 31.8. The first-order chi connectivity index (χ1) is 16.5. The third-order valence-electron chi connectivity index (χ3n) is 5.42. The monoisotopic (exact) mass is 490 g/mol. The second-order valence-electron chi connectivity index (χ2n) is 7.89. The highest BCUT2D eigenvalue weighted by molar-refractivity contribution is 7.14. The number of thiazole rings is 1. The molecule has 4 aromatic rings. The summed E-state index contributed by atoms with van der Waals surface area (Å²) in [5.74, 6) is -2.00. The Hall–Kier alpha value is -3.48. The van der Waals surface area contributed by atoms with Gasteiger partial charge in [0.15, 0.2) is 5.13 Å². The molecule has 4 rings (SSSR count). The van der Waals surface area contributed by atoms with E-state index in [1.807, 2.05) is 84.2 Å². The number of carboxylic acid groups (broad SMARTS) is 1. The highest BCUT2D eigenvalue weighted by Gasteiger charge is 2.30. The number of benzene rings is 3. The van der Waals surface area contributed by atoms with Crippen molar-refractivity contribution in [3.63, 3.8) is 0 Å². The molecule has 1 amide bonds. The van der Waals surface area contributed by atoms with Crippen LogP contribution in [0, 0.1) is 5.92 Å². The Morgan fingerprint density at radius 2 is 1.53 bits per heavy atom. The van der Waals surface area contributed by atoms with Crippen LogP contribution in [0.3, 0.4) is 0 Å². The largest absolute Gasteiger partial charge is 0.481 e. The first-order valence-corrected chi connectivity index (χ1v) is 12.1. The minimum absolute atomic E-state index is 0.262. The van der Waals surface area contributed by atoms with Crippen molar-refractivity contribution in [2.45, 2.75) is 19.4 Å². The number of amides is 1. The standard InChI is InChI=1S/C27H23ClN2O3S/c28-23-14-8-7-13-22(23)24-18-34-27(29-24)30(17-20-11-5-2-6-12-20)26(33)21(16-25(31)32)15-19-9-3-1-4-10-19/h1-14,18,21H,15-17H2,(H,31,32)/t21-/m1/s1. The van der Waals surface area contributed by atoms with Crippen LogP contribution in [0.1, 0.15) is 17.5 Å². The van der Waals surface area contributed by atoms with Crippen LogP contribution < -0.4 is 4.90 Å². The lowest BCUT2D eigenvalue weighted by molar-refractivity contribution is -0.140. The maximum absolute atomic E-state index is 13.8. The minimum atomic E-state index is -1.01. The zero-order valence-electron chi connectivity index (χ0n) is 18.3. The molecule has 172 valence electrons. The molecule has 0 fully saturated rings. The Bertz CT molecular complexity index is 1260. The van der Waals surface area contributed by atoms with Gasteiger partial charge < -0.3 is 5.11 Å². The Balaban J connectivity index is 1.69. The molecule has 0 aliphatic carbocycles. The second-order valence-corrected chi connectivity index (χ2v) is 9.13. The second kappa shape index (κ2) is 11.1. The van der Waals surface area contributed by atoms with E-state index in [0.717, 1.165) is 16.7 Å². The van der Waals surface area contributed by atoms with Crippen LogP contribution >= 0.6 is 22.9 Å². The molecule has 5 nitrogen and oxygen atoms in total. The SMILES string of the molecule is O=C(O)C[C@@H](Cc1ccccc1)C(=O)N(Cc1ccccc1)c1nc(-c2ccccc2Cl)cs1. The van der Waals surface area contributed by atoms with Gasteiger partial charge in [0.25, 0.3) is 0 Å². The van der Waals surface area contributed by atoms with Crippen LogP contribution in [0.25, 0.3) is 11.3 Å². The van der Waals surface area contributed by atoms with Gasteiger partial charge in [0.2, 0.25) is 5.91 Å². The highest BCUT2D eigenvalue weighted by Crippen LogP contribution is 2.33. The van der Waals surface area contributed by atoms with Crippen LogP contribution in [0.5, 0.6) is 0 Å². The van der Waals surface area contributed by atoms with Gasteiger partial charge in [-0.3, -0.25) is 14.5 Å². The van der Waals surface area contributed by atoms with Gasteiger partial charge in [-0.05, 0) is 23.6 Å². The third-order valence-corrected chi connectivity index (χ3v) is 6.61. The Morgan fingerprint density at radius 3 is 2.18 bits per heavy atom. The van der Waals surface area contributed by atoms with Crippen molar-refractivity contribution in [2.75, 3.05) is 4.90 Å². The molecule has 1 heterocycles. The van der Waals surface area contributed by atoms with Crippen LogP contribution in [-0.2, 0) is 22.6 Å². The first kappa shape index (κ1) is 23.7. The quantitative estimate of drug-likeness (QED) is 0.297. The van der Waals surface area contributed by atoms with Gasteiger partial charge in [0.1, 0.15) is 0 Å². The van der Waals surface area contributed by atoms with Gasteiger partial charge in [0.05, 0.1) is 24.6 Å². The smallest absolute Gasteiger partial charge is 0.304 e. The summed E-state index contributed by atoms with van der Waals surface area (Å²) in [5, 5.41) is 12.5. The lowest BCUT2D eigenvalue weighted by Crippen LogP contribution is -2.37. The predicted octanol–water partition coefficient (Wildman–Crippen LogP) is 6.33. The number of carboxylic acids is 1. The van der Waals surface area contributed by atoms with E-state index in [9.17, 15) is 14.7 Å². The van der Waals surface area contributed by atoms with Gasteiger partial charge in [-0.15, -0.1) is 11.3 Å². The molecule has 0 saturated heterocycles. The summed E-state index contributed by atoms with van der Waals surface area (Å²) < 4.78 is 0. The summed E-state index contributed by atoms with van der Waals surface area (Å²) in [7, 11) is 0. The number of carbonyl (C=O) groups excluding carboxylic acids is 1. The molecule has 0 saturated carbocycles. The molecule has 0 bridgehead atoms. The van der Waals surface area contributed by atoms with E-state index < -0.39 is 11.9 Å². The number of nitrogens with zero attached hydrogens (tertiary/aromatic N) is 2. The summed E-state index contributed by atoms with van der Waals surface area (Å²) in [6.07, 6.45) is 0.0712. The van der Waals surface area contributed by atoms with Crippen molar-refractivity contribution in [1.82, 2.24) is 4.98 Å². The number of aromatic nitrogens is 1. The number of rotatable bonds is 9. The molecule has 0 unspecified atom stereocenters. The Labute approximate surface area is 207 Å². The normalized spacial score (nSPS) is 11.7. The van der Waals surface area contributed by atoms with E-state index in [-0.39, 0.29) is 12.3 Å². The summed E-state index contributed by atoms with van der Waals surface area (Å²) in [6.45, 7) is 0.292. The Morgan fingerprint density at radius 1 is 0.912 bits per heavy atom. The number of hydrogen-bond donors (Lipinski definition) is 1. The molecule has 0 radical (unpaired) electrons. The zero-order chi connectivity index (χ0) is 23.9. The average Bonchev–Trinajstić information content (AvgIpc) is 3.33. The first-order valence-electron chi connectivity index (χ1n) is 10.8. The third kappa shape index (κ3) is 5.90. The summed E-state index contributed by atoms with van der Waals surface area (Å²) >= 11 is 7.70. The molecule has 1 N–H and O–H groups in total. The van der Waals surface area contributed by atoms with E-state index in [0.29, 0.717) is 28.8 Å². The van der Waals surface area contributed by atoms with Crippen molar-refractivity contribution in [3.8, 4) is 11.3 Å². The number of anilines is 1. The maximum atomic E-state index is 13.8. The van der Waals surface area contributed by atoms with Gasteiger partial charge >= 0.3 is 5.97 Å². The van der Waals surface area contributed by atoms with E-state index in [1.165, 1.54) is 11.3 Å². The van der Waals surface area contributed by atoms with E-state index in [1.54, 1.807) is 11.0 Å². The molecule has 0 spiro atoms. The number of hydrogen-bond acceptors (Lipinski definition) is 4. The van der Waals surface area contributed by atoms with Crippen molar-refractivity contribution < 1.29 is 14.7 Å². The van der Waals surface area contributed by atoms with Crippen molar-refractivity contribution >= 4 is 39.9 Å². The number of carbonyl (C=O) groups is 2. The van der Waals surface area contributed by atoms with E-state index in [2.05, 4.69) is 0 Å². The van der Waals surface area contributed by atoms with Crippen molar-refractivity contribution in [2.24, 2.45) is 5.92 Å². The van der Waals surface area contributed by atoms with E-state index >= 15 is 0 Å². The number of halogens is 1. The van der Waals surface area contributed by atoms with Crippen LogP contribution in [0.4, 0.5) is 5.13 Å². The van der Waals surface area contributed by atoms with Crippen LogP contribution in [0.2, 0.25) is 5.02 Å². The molecular weight excluding hydrogens is 468 g/mol. The van der Waals surface area contributed by atoms with Gasteiger partial charge in [-0.2, -0.15) is 0 Å². The lowest BCUT2D eigenvalue weighted by atomic mass is 9.94. The van der Waals surface area contributed by atoms with E-state index in [4.69, 9.17) is 16.6 Å². The molecule has 7 heteroatoms. The van der Waals surface area contributed by atoms with Crippen molar-refractivity contribution in [3.05, 3.63) is 106 Å². The molecule has 1 aromatic heterocycles. The summed E-state index contributed by atoms with van der Waals surface area (Å²) in [5.41, 5.74) is 3.30. The van der Waals surface area contributed by atoms with Crippen LogP contribution in [-0.4, -0.2) is 22.0 Å². The van der Waals surface area contributed by atoms with Gasteiger partial charge in [-0.25, -0.2) is 4.98 Å². The van der Waals surface area contributed by atoms with Gasteiger partial charge in [-0.1, -0.05) is 90.5 Å². The molecular formula is C27H23ClN2O3S. The minimum Gasteiger partial charge on any atom is -0.481 e. The zero-order valence-corrected chi connectivity index (χ0v) is 19.9. The average molecular weight is 491 g/mol. The van der Waals surface area contributed by atoms with Gasteiger partial charge in [0, 0.05) is 16.0 Å². The topological polar surface area (TPSA) is 70.5 Å². The number of aliphatic carboxylic acids is 1. The fraction of sp³-hybridized carbons (Fsp3) is 0.148.